The van der Waals surface area contributed by atoms with Gasteiger partial charge in [-0.2, -0.15) is 9.97 Å². The van der Waals surface area contributed by atoms with Gasteiger partial charge in [0, 0.05) is 51.9 Å². The van der Waals surface area contributed by atoms with Crippen LogP contribution in [0.4, 0.5) is 20.5 Å². The van der Waals surface area contributed by atoms with Crippen LogP contribution in [0, 0.1) is 0 Å². The van der Waals surface area contributed by atoms with Crippen molar-refractivity contribution in [3.8, 4) is 11.6 Å². The van der Waals surface area contributed by atoms with E-state index < -0.39 is 18.3 Å². The maximum atomic E-state index is 14.2. The van der Waals surface area contributed by atoms with Crippen LogP contribution in [0.25, 0.3) is 16.9 Å². The zero-order valence-corrected chi connectivity index (χ0v) is 24.6. The Morgan fingerprint density at radius 1 is 0.932 bits per heavy atom. The van der Waals surface area contributed by atoms with Crippen molar-refractivity contribution in [1.82, 2.24) is 29.3 Å². The first-order chi connectivity index (χ1) is 21.5. The number of ether oxygens (including phenoxy) is 2. The zero-order valence-electron chi connectivity index (χ0n) is 24.6. The van der Waals surface area contributed by atoms with E-state index in [1.54, 1.807) is 37.3 Å². The molecule has 13 heteroatoms. The number of carbonyl (C=O) groups excluding carboxylic acids is 1. The molecule has 2 aromatic carbocycles. The zero-order chi connectivity index (χ0) is 30.5. The summed E-state index contributed by atoms with van der Waals surface area (Å²) in [6.07, 6.45) is -2.82. The maximum absolute atomic E-state index is 14.2. The number of alkyl halides is 2. The monoisotopic (exact) mass is 606 g/mol. The first-order valence-corrected chi connectivity index (χ1v) is 14.9. The fraction of sp³-hybridized carbons (Fsp3) is 0.419. The van der Waals surface area contributed by atoms with Gasteiger partial charge in [-0.3, -0.25) is 14.3 Å². The second-order valence-corrected chi connectivity index (χ2v) is 10.8. The van der Waals surface area contributed by atoms with Gasteiger partial charge in [0.25, 0.3) is 6.43 Å². The molecule has 1 N–H and O–H groups in total. The van der Waals surface area contributed by atoms with Crippen molar-refractivity contribution in [2.75, 3.05) is 75.9 Å². The molecule has 2 aliphatic rings. The van der Waals surface area contributed by atoms with Crippen LogP contribution < -0.4 is 15.0 Å². The normalized spacial score (nSPS) is 16.8. The van der Waals surface area contributed by atoms with Gasteiger partial charge in [0.05, 0.1) is 24.2 Å². The number of nitrogens with zero attached hydrogens (tertiary/aromatic N) is 7. The van der Waals surface area contributed by atoms with E-state index in [2.05, 4.69) is 20.2 Å². The number of aromatic nitrogens is 4. The van der Waals surface area contributed by atoms with Crippen LogP contribution >= 0.6 is 0 Å². The molecule has 1 amide bonds. The summed E-state index contributed by atoms with van der Waals surface area (Å²) in [4.78, 5) is 33.1. The summed E-state index contributed by atoms with van der Waals surface area (Å²) < 4.78 is 41.0. The highest BCUT2D eigenvalue weighted by Gasteiger charge is 2.27. The predicted octanol–water partition coefficient (Wildman–Crippen LogP) is 3.61. The number of para-hydroxylation sites is 3. The molecule has 2 aliphatic heterocycles. The number of imidazole rings is 1. The fourth-order valence-corrected chi connectivity index (χ4v) is 5.52. The number of halogens is 2. The van der Waals surface area contributed by atoms with Gasteiger partial charge in [0.15, 0.2) is 5.82 Å². The highest BCUT2D eigenvalue weighted by atomic mass is 19.3. The van der Waals surface area contributed by atoms with Crippen LogP contribution in [-0.2, 0) is 9.53 Å². The molecular weight excluding hydrogens is 570 g/mol. The summed E-state index contributed by atoms with van der Waals surface area (Å²) in [5, 5.41) is 3.16. The topological polar surface area (TPSA) is 101 Å². The van der Waals surface area contributed by atoms with Gasteiger partial charge in [-0.05, 0) is 31.2 Å². The quantitative estimate of drug-likeness (QED) is 0.290. The molecule has 2 aromatic heterocycles. The Balaban J connectivity index is 1.16. The van der Waals surface area contributed by atoms with E-state index in [4.69, 9.17) is 14.5 Å². The van der Waals surface area contributed by atoms with Gasteiger partial charge in [-0.1, -0.05) is 30.3 Å². The van der Waals surface area contributed by atoms with Crippen LogP contribution in [0.5, 0.6) is 5.75 Å². The standard InChI is InChI=1S/C31H36F2N8O3/c1-22(30(42)40-13-11-38(12-14-40)15-20-44-23-7-3-2-4-8-23)34-31-36-26(39-16-18-43-19-17-39)21-27(37-31)41-25-10-6-5-9-24(25)35-29(41)28(32)33/h2-10,21-22,28H,11-20H2,1H3,(H,34,36,37)/t22-/m0/s1. The lowest BCUT2D eigenvalue weighted by atomic mass is 10.2. The molecule has 232 valence electrons. The molecule has 0 bridgehead atoms. The van der Waals surface area contributed by atoms with Crippen LogP contribution in [0.1, 0.15) is 19.2 Å². The number of nitrogens with one attached hydrogen (secondary N) is 1. The van der Waals surface area contributed by atoms with Gasteiger partial charge in [0.2, 0.25) is 11.9 Å². The predicted molar refractivity (Wildman–Crippen MR) is 163 cm³/mol. The molecule has 2 fully saturated rings. The van der Waals surface area contributed by atoms with E-state index >= 15 is 0 Å². The number of benzene rings is 2. The fourth-order valence-electron chi connectivity index (χ4n) is 5.52. The summed E-state index contributed by atoms with van der Waals surface area (Å²) >= 11 is 0. The molecule has 11 nitrogen and oxygen atoms in total. The molecule has 0 saturated carbocycles. The third-order valence-corrected chi connectivity index (χ3v) is 7.86. The summed E-state index contributed by atoms with van der Waals surface area (Å²) in [5.41, 5.74) is 0.953. The summed E-state index contributed by atoms with van der Waals surface area (Å²) in [6, 6.07) is 17.7. The van der Waals surface area contributed by atoms with Crippen molar-refractivity contribution in [2.45, 2.75) is 19.4 Å². The van der Waals surface area contributed by atoms with Crippen molar-refractivity contribution in [3.63, 3.8) is 0 Å². The van der Waals surface area contributed by atoms with Crippen molar-refractivity contribution >= 4 is 28.7 Å². The second-order valence-electron chi connectivity index (χ2n) is 10.8. The van der Waals surface area contributed by atoms with E-state index in [9.17, 15) is 13.6 Å². The first kappa shape index (κ1) is 29.7. The molecule has 1 atom stereocenters. The number of piperazine rings is 1. The Kier molecular flexibility index (Phi) is 9.12. The van der Waals surface area contributed by atoms with Gasteiger partial charge in [0.1, 0.15) is 30.0 Å². The molecule has 0 spiro atoms. The summed E-state index contributed by atoms with van der Waals surface area (Å²) in [5.74, 6) is 1.35. The SMILES string of the molecule is C[C@H](Nc1nc(N2CCOCC2)cc(-n2c(C(F)F)nc3ccccc32)n1)C(=O)N1CCN(CCOc2ccccc2)CC1. The first-order valence-electron chi connectivity index (χ1n) is 14.9. The highest BCUT2D eigenvalue weighted by molar-refractivity contribution is 5.84. The van der Waals surface area contributed by atoms with Crippen molar-refractivity contribution in [2.24, 2.45) is 0 Å². The van der Waals surface area contributed by atoms with Crippen molar-refractivity contribution in [1.29, 1.82) is 0 Å². The van der Waals surface area contributed by atoms with Crippen molar-refractivity contribution < 1.29 is 23.0 Å². The number of amides is 1. The summed E-state index contributed by atoms with van der Waals surface area (Å²) in [6.45, 7) is 8.04. The Hall–Kier alpha value is -4.36. The van der Waals surface area contributed by atoms with E-state index in [-0.39, 0.29) is 17.7 Å². The third kappa shape index (κ3) is 6.73. The van der Waals surface area contributed by atoms with E-state index in [0.717, 1.165) is 25.4 Å². The van der Waals surface area contributed by atoms with Crippen LogP contribution in [-0.4, -0.2) is 107 Å². The molecule has 4 aromatic rings. The molecular formula is C31H36F2N8O3. The largest absolute Gasteiger partial charge is 0.492 e. The lowest BCUT2D eigenvalue weighted by Crippen LogP contribution is -2.52. The molecule has 6 rings (SSSR count). The number of morpholine rings is 1. The Morgan fingerprint density at radius 3 is 2.39 bits per heavy atom. The number of rotatable bonds is 10. The smallest absolute Gasteiger partial charge is 0.296 e. The highest BCUT2D eigenvalue weighted by Crippen LogP contribution is 2.29. The van der Waals surface area contributed by atoms with Gasteiger partial charge in [-0.15, -0.1) is 0 Å². The minimum atomic E-state index is -2.82. The number of anilines is 2. The van der Waals surface area contributed by atoms with Crippen LogP contribution in [0.15, 0.2) is 60.7 Å². The number of carbonyl (C=O) groups is 1. The van der Waals surface area contributed by atoms with Gasteiger partial charge < -0.3 is 24.6 Å². The minimum absolute atomic E-state index is 0.0755. The Morgan fingerprint density at radius 2 is 1.64 bits per heavy atom. The number of hydrogen-bond acceptors (Lipinski definition) is 9. The van der Waals surface area contributed by atoms with Crippen LogP contribution in [0.3, 0.4) is 0 Å². The average molecular weight is 607 g/mol. The Bertz CT molecular complexity index is 1560. The Labute approximate surface area is 254 Å². The summed E-state index contributed by atoms with van der Waals surface area (Å²) in [7, 11) is 0. The molecule has 0 unspecified atom stereocenters. The van der Waals surface area contributed by atoms with Crippen LogP contribution in [0.2, 0.25) is 0 Å². The molecule has 44 heavy (non-hydrogen) atoms. The number of hydrogen-bond donors (Lipinski definition) is 1. The van der Waals surface area contributed by atoms with E-state index in [1.807, 2.05) is 40.1 Å². The molecule has 4 heterocycles. The van der Waals surface area contributed by atoms with E-state index in [1.165, 1.54) is 4.57 Å². The van der Waals surface area contributed by atoms with Gasteiger partial charge >= 0.3 is 0 Å². The molecule has 0 radical (unpaired) electrons. The van der Waals surface area contributed by atoms with E-state index in [0.29, 0.717) is 62.9 Å². The second kappa shape index (κ2) is 13.5. The lowest BCUT2D eigenvalue weighted by Gasteiger charge is -2.36. The molecule has 2 saturated heterocycles. The van der Waals surface area contributed by atoms with Crippen molar-refractivity contribution in [3.05, 3.63) is 66.5 Å². The third-order valence-electron chi connectivity index (χ3n) is 7.86. The number of fused-ring (bicyclic) bond motifs is 1. The average Bonchev–Trinajstić information content (AvgIpc) is 3.46. The molecule has 0 aliphatic carbocycles. The lowest BCUT2D eigenvalue weighted by molar-refractivity contribution is -0.133. The maximum Gasteiger partial charge on any atom is 0.296 e. The van der Waals surface area contributed by atoms with Gasteiger partial charge in [-0.25, -0.2) is 13.8 Å². The minimum Gasteiger partial charge on any atom is -0.492 e.